The predicted molar refractivity (Wildman–Crippen MR) is 90.7 cm³/mol. The highest BCUT2D eigenvalue weighted by atomic mass is 32.2. The number of hydrogen-bond donors (Lipinski definition) is 2. The maximum absolute atomic E-state index is 11.9. The zero-order valence-electron chi connectivity index (χ0n) is 13.1. The van der Waals surface area contributed by atoms with Gasteiger partial charge in [0.15, 0.2) is 0 Å². The molecule has 0 bridgehead atoms. The van der Waals surface area contributed by atoms with Crippen molar-refractivity contribution in [2.75, 3.05) is 5.32 Å². The first kappa shape index (κ1) is 16.5. The van der Waals surface area contributed by atoms with Gasteiger partial charge in [-0.3, -0.25) is 4.79 Å². The van der Waals surface area contributed by atoms with E-state index in [9.17, 15) is 13.2 Å². The zero-order chi connectivity index (χ0) is 17.3. The molecule has 1 aromatic carbocycles. The van der Waals surface area contributed by atoms with Crippen LogP contribution in [0, 0.1) is 5.92 Å². The summed E-state index contributed by atoms with van der Waals surface area (Å²) in [6.45, 7) is 2.18. The van der Waals surface area contributed by atoms with Gasteiger partial charge in [-0.1, -0.05) is 6.92 Å². The number of furan rings is 1. The minimum absolute atomic E-state index is 0.00606. The molecule has 7 heteroatoms. The number of nitrogens with one attached hydrogen (secondary N) is 1. The predicted octanol–water partition coefficient (Wildman–Crippen LogP) is 2.70. The number of nitrogens with two attached hydrogens (primary N) is 1. The van der Waals surface area contributed by atoms with Gasteiger partial charge in [-0.2, -0.15) is 0 Å². The molecule has 0 unspecified atom stereocenters. The van der Waals surface area contributed by atoms with Crippen LogP contribution >= 0.6 is 0 Å². The number of amides is 1. The highest BCUT2D eigenvalue weighted by Crippen LogP contribution is 2.47. The van der Waals surface area contributed by atoms with Gasteiger partial charge < -0.3 is 9.73 Å². The third-order valence-electron chi connectivity index (χ3n) is 3.97. The number of anilines is 1. The topological polar surface area (TPSA) is 102 Å². The average Bonchev–Trinajstić information content (AvgIpc) is 3.07. The normalized spacial score (nSPS) is 20.2. The van der Waals surface area contributed by atoms with E-state index >= 15 is 0 Å². The summed E-state index contributed by atoms with van der Waals surface area (Å²) in [5.41, 5.74) is 0.476. The van der Waals surface area contributed by atoms with Crippen molar-refractivity contribution >= 4 is 27.7 Å². The third-order valence-corrected chi connectivity index (χ3v) is 4.90. The van der Waals surface area contributed by atoms with Crippen LogP contribution < -0.4 is 10.5 Å². The summed E-state index contributed by atoms with van der Waals surface area (Å²) in [6.07, 6.45) is 4.11. The molecule has 1 aromatic heterocycles. The van der Waals surface area contributed by atoms with Gasteiger partial charge in [-0.25, -0.2) is 13.6 Å². The fourth-order valence-electron chi connectivity index (χ4n) is 2.45. The molecule has 6 nitrogen and oxygen atoms in total. The zero-order valence-corrected chi connectivity index (χ0v) is 13.9. The Labute approximate surface area is 140 Å². The molecule has 1 aliphatic rings. The molecule has 1 amide bonds. The second kappa shape index (κ2) is 6.26. The lowest BCUT2D eigenvalue weighted by atomic mass is 10.3. The highest BCUT2D eigenvalue weighted by Gasteiger charge is 2.36. The van der Waals surface area contributed by atoms with Gasteiger partial charge in [0.2, 0.25) is 15.9 Å². The van der Waals surface area contributed by atoms with E-state index in [0.717, 1.165) is 12.2 Å². The Morgan fingerprint density at radius 1 is 1.25 bits per heavy atom. The number of hydrogen-bond acceptors (Lipinski definition) is 4. The SMILES string of the molecule is C[C@@H]1C[C@@H]1c1ccc(/C=C/C(=O)Nc2ccc(S(N)(=O)=O)cc2)o1. The van der Waals surface area contributed by atoms with Gasteiger partial charge in [-0.05, 0) is 54.8 Å². The van der Waals surface area contributed by atoms with E-state index < -0.39 is 10.0 Å². The molecule has 2 atom stereocenters. The molecule has 1 saturated carbocycles. The van der Waals surface area contributed by atoms with Crippen molar-refractivity contribution in [2.24, 2.45) is 11.1 Å². The Morgan fingerprint density at radius 2 is 1.92 bits per heavy atom. The first-order valence-electron chi connectivity index (χ1n) is 7.54. The molecule has 126 valence electrons. The van der Waals surface area contributed by atoms with Gasteiger partial charge in [0.25, 0.3) is 0 Å². The molecular weight excluding hydrogens is 328 g/mol. The summed E-state index contributed by atoms with van der Waals surface area (Å²) in [7, 11) is -3.74. The Hall–Kier alpha value is -2.38. The lowest BCUT2D eigenvalue weighted by Crippen LogP contribution is -2.12. The number of carbonyl (C=O) groups excluding carboxylic acids is 1. The molecule has 0 aliphatic heterocycles. The number of primary sulfonamides is 1. The quantitative estimate of drug-likeness (QED) is 0.813. The second-order valence-electron chi connectivity index (χ2n) is 5.95. The molecule has 1 aliphatic carbocycles. The van der Waals surface area contributed by atoms with Crippen molar-refractivity contribution in [1.29, 1.82) is 0 Å². The smallest absolute Gasteiger partial charge is 0.248 e. The molecule has 2 aromatic rings. The maximum Gasteiger partial charge on any atom is 0.248 e. The summed E-state index contributed by atoms with van der Waals surface area (Å²) in [6, 6.07) is 9.41. The van der Waals surface area contributed by atoms with E-state index in [1.807, 2.05) is 12.1 Å². The molecule has 3 rings (SSSR count). The Morgan fingerprint density at radius 3 is 2.50 bits per heavy atom. The molecule has 1 heterocycles. The molecule has 0 spiro atoms. The Balaban J connectivity index is 1.60. The van der Waals surface area contributed by atoms with Crippen LogP contribution in [0.4, 0.5) is 5.69 Å². The van der Waals surface area contributed by atoms with Crippen molar-refractivity contribution in [3.05, 3.63) is 54.0 Å². The molecule has 3 N–H and O–H groups in total. The molecule has 24 heavy (non-hydrogen) atoms. The minimum atomic E-state index is -3.74. The average molecular weight is 346 g/mol. The van der Waals surface area contributed by atoms with E-state index in [2.05, 4.69) is 12.2 Å². The Kier molecular flexibility index (Phi) is 4.29. The number of rotatable bonds is 5. The largest absolute Gasteiger partial charge is 0.461 e. The number of sulfonamides is 1. The monoisotopic (exact) mass is 346 g/mol. The van der Waals surface area contributed by atoms with Crippen molar-refractivity contribution in [3.63, 3.8) is 0 Å². The van der Waals surface area contributed by atoms with E-state index in [0.29, 0.717) is 23.3 Å². The first-order chi connectivity index (χ1) is 11.3. The molecule has 0 radical (unpaired) electrons. The first-order valence-corrected chi connectivity index (χ1v) is 9.09. The van der Waals surface area contributed by atoms with E-state index in [4.69, 9.17) is 9.56 Å². The van der Waals surface area contributed by atoms with E-state index in [1.54, 1.807) is 6.08 Å². The maximum atomic E-state index is 11.9. The van der Waals surface area contributed by atoms with Gasteiger partial charge in [0.1, 0.15) is 11.5 Å². The van der Waals surface area contributed by atoms with Crippen LogP contribution in [0.25, 0.3) is 6.08 Å². The van der Waals surface area contributed by atoms with Crippen LogP contribution in [-0.4, -0.2) is 14.3 Å². The van der Waals surface area contributed by atoms with Crippen LogP contribution in [0.1, 0.15) is 30.8 Å². The van der Waals surface area contributed by atoms with E-state index in [1.165, 1.54) is 30.3 Å². The molecule has 1 fully saturated rings. The van der Waals surface area contributed by atoms with Crippen molar-refractivity contribution in [2.45, 2.75) is 24.2 Å². The summed E-state index contributed by atoms with van der Waals surface area (Å²) in [4.78, 5) is 11.9. The van der Waals surface area contributed by atoms with Gasteiger partial charge in [-0.15, -0.1) is 0 Å². The molecular formula is C17H18N2O4S. The van der Waals surface area contributed by atoms with Crippen molar-refractivity contribution in [1.82, 2.24) is 0 Å². The third kappa shape index (κ3) is 3.93. The van der Waals surface area contributed by atoms with Crippen molar-refractivity contribution < 1.29 is 17.6 Å². The highest BCUT2D eigenvalue weighted by molar-refractivity contribution is 7.89. The molecule has 0 saturated heterocycles. The lowest BCUT2D eigenvalue weighted by Gasteiger charge is -2.03. The van der Waals surface area contributed by atoms with Gasteiger partial charge in [0, 0.05) is 17.7 Å². The van der Waals surface area contributed by atoms with Crippen LogP contribution in [-0.2, 0) is 14.8 Å². The fourth-order valence-corrected chi connectivity index (χ4v) is 2.96. The summed E-state index contributed by atoms with van der Waals surface area (Å²) < 4.78 is 28.0. The van der Waals surface area contributed by atoms with E-state index in [-0.39, 0.29) is 10.8 Å². The van der Waals surface area contributed by atoms with Gasteiger partial charge in [0.05, 0.1) is 4.90 Å². The standard InChI is InChI=1S/C17H18N2O4S/c1-11-10-15(11)16-8-4-13(23-16)5-9-17(20)19-12-2-6-14(7-3-12)24(18,21)22/h2-9,11,15H,10H2,1H3,(H,19,20)(H2,18,21,22)/b9-5+/t11-,15+/m1/s1. The van der Waals surface area contributed by atoms with Crippen LogP contribution in [0.5, 0.6) is 0 Å². The fraction of sp³-hybridized carbons (Fsp3) is 0.235. The summed E-state index contributed by atoms with van der Waals surface area (Å²) in [5, 5.41) is 7.66. The summed E-state index contributed by atoms with van der Waals surface area (Å²) in [5.74, 6) is 2.41. The second-order valence-corrected chi connectivity index (χ2v) is 7.51. The van der Waals surface area contributed by atoms with Gasteiger partial charge >= 0.3 is 0 Å². The minimum Gasteiger partial charge on any atom is -0.461 e. The number of benzene rings is 1. The number of carbonyl (C=O) groups is 1. The van der Waals surface area contributed by atoms with Crippen LogP contribution in [0.15, 0.2) is 51.8 Å². The Bertz CT molecular complexity index is 882. The van der Waals surface area contributed by atoms with Crippen LogP contribution in [0.3, 0.4) is 0 Å². The van der Waals surface area contributed by atoms with Crippen LogP contribution in [0.2, 0.25) is 0 Å². The lowest BCUT2D eigenvalue weighted by molar-refractivity contribution is -0.111. The summed E-state index contributed by atoms with van der Waals surface area (Å²) >= 11 is 0. The van der Waals surface area contributed by atoms with Crippen molar-refractivity contribution in [3.8, 4) is 0 Å².